The van der Waals surface area contributed by atoms with Crippen molar-refractivity contribution in [1.29, 1.82) is 0 Å². The number of ether oxygens (including phenoxy) is 1. The largest absolute Gasteiger partial charge is 0.454 e. The van der Waals surface area contributed by atoms with Gasteiger partial charge in [0.25, 0.3) is 0 Å². The predicted molar refractivity (Wildman–Crippen MR) is 38.8 cm³/mol. The van der Waals surface area contributed by atoms with Crippen LogP contribution in [0.3, 0.4) is 0 Å². The maximum atomic E-state index is 10.6. The molecule has 0 aromatic heterocycles. The van der Waals surface area contributed by atoms with Gasteiger partial charge >= 0.3 is 5.97 Å². The Balaban J connectivity index is 2.51. The summed E-state index contributed by atoms with van der Waals surface area (Å²) in [5.41, 5.74) is 0. The first-order valence-electron chi connectivity index (χ1n) is 3.26. The molecule has 0 bridgehead atoms. The average Bonchev–Trinajstić information content (AvgIpc) is 1.93. The summed E-state index contributed by atoms with van der Waals surface area (Å²) >= 11 is 0. The van der Waals surface area contributed by atoms with E-state index in [1.165, 1.54) is 19.1 Å². The minimum absolute atomic E-state index is 0.0756. The summed E-state index contributed by atoms with van der Waals surface area (Å²) in [6.45, 7) is 1.33. The van der Waals surface area contributed by atoms with Crippen molar-refractivity contribution in [3.05, 3.63) is 24.3 Å². The summed E-state index contributed by atoms with van der Waals surface area (Å²) in [5, 5.41) is 0. The average molecular weight is 152 g/mol. The summed E-state index contributed by atoms with van der Waals surface area (Å²) in [4.78, 5) is 21.0. The van der Waals surface area contributed by atoms with Crippen LogP contribution in [0.2, 0.25) is 0 Å². The molecular weight excluding hydrogens is 144 g/mol. The van der Waals surface area contributed by atoms with Crippen LogP contribution in [0, 0.1) is 0 Å². The van der Waals surface area contributed by atoms with E-state index < -0.39 is 0 Å². The van der Waals surface area contributed by atoms with Gasteiger partial charge in [-0.25, -0.2) is 0 Å². The van der Waals surface area contributed by atoms with Crippen LogP contribution < -0.4 is 0 Å². The summed E-state index contributed by atoms with van der Waals surface area (Å²) in [6.07, 6.45) is 5.49. The van der Waals surface area contributed by atoms with Crippen LogP contribution in [-0.4, -0.2) is 17.9 Å². The van der Waals surface area contributed by atoms with Crippen molar-refractivity contribution in [2.24, 2.45) is 0 Å². The molecule has 0 atom stereocenters. The predicted octanol–water partition coefficient (Wildman–Crippen LogP) is 0.613. The molecule has 0 amide bonds. The molecule has 0 aliphatic heterocycles. The molecule has 0 heterocycles. The van der Waals surface area contributed by atoms with E-state index in [4.69, 9.17) is 4.74 Å². The molecule has 3 nitrogen and oxygen atoms in total. The first-order chi connectivity index (χ1) is 5.18. The van der Waals surface area contributed by atoms with Crippen LogP contribution in [0.4, 0.5) is 0 Å². The number of carbonyl (C=O) groups excluding carboxylic acids is 2. The number of ketones is 1. The molecule has 0 spiro atoms. The van der Waals surface area contributed by atoms with Gasteiger partial charge in [-0.2, -0.15) is 0 Å². The molecule has 1 aliphatic carbocycles. The van der Waals surface area contributed by atoms with Crippen molar-refractivity contribution < 1.29 is 14.3 Å². The maximum absolute atomic E-state index is 10.6. The van der Waals surface area contributed by atoms with Gasteiger partial charge in [-0.3, -0.25) is 9.59 Å². The van der Waals surface area contributed by atoms with E-state index in [-0.39, 0.29) is 17.9 Å². The summed E-state index contributed by atoms with van der Waals surface area (Å²) < 4.78 is 4.77. The van der Waals surface area contributed by atoms with Gasteiger partial charge in [0, 0.05) is 6.92 Å². The second-order valence-electron chi connectivity index (χ2n) is 2.19. The zero-order valence-corrected chi connectivity index (χ0v) is 6.11. The molecule has 1 rings (SSSR count). The lowest BCUT2D eigenvalue weighted by atomic mass is 10.1. The van der Waals surface area contributed by atoms with Gasteiger partial charge < -0.3 is 4.74 Å². The highest BCUT2D eigenvalue weighted by molar-refractivity contribution is 6.00. The Bertz CT molecular complexity index is 222. The lowest BCUT2D eigenvalue weighted by Crippen LogP contribution is -2.13. The Hall–Kier alpha value is -1.38. The zero-order chi connectivity index (χ0) is 8.27. The smallest absolute Gasteiger partial charge is 0.303 e. The van der Waals surface area contributed by atoms with Gasteiger partial charge in [0.1, 0.15) is 6.10 Å². The first-order valence-corrected chi connectivity index (χ1v) is 3.26. The quantitative estimate of drug-likeness (QED) is 0.517. The minimum atomic E-state index is -0.370. The normalized spacial score (nSPS) is 17.0. The Labute approximate surface area is 64.3 Å². The van der Waals surface area contributed by atoms with E-state index in [0.717, 1.165) is 0 Å². The van der Waals surface area contributed by atoms with Crippen molar-refractivity contribution >= 4 is 11.8 Å². The number of carbonyl (C=O) groups is 2. The fourth-order valence-corrected chi connectivity index (χ4v) is 0.769. The van der Waals surface area contributed by atoms with Crippen molar-refractivity contribution in [3.8, 4) is 0 Å². The molecule has 3 heteroatoms. The minimum Gasteiger partial charge on any atom is -0.454 e. The van der Waals surface area contributed by atoms with Crippen LogP contribution in [-0.2, 0) is 14.3 Å². The van der Waals surface area contributed by atoms with E-state index in [1.807, 2.05) is 0 Å². The van der Waals surface area contributed by atoms with Crippen LogP contribution in [0.1, 0.15) is 6.92 Å². The van der Waals surface area contributed by atoms with Crippen molar-refractivity contribution in [3.63, 3.8) is 0 Å². The second-order valence-corrected chi connectivity index (χ2v) is 2.19. The summed E-state index contributed by atoms with van der Waals surface area (Å²) in [6, 6.07) is 0. The van der Waals surface area contributed by atoms with E-state index >= 15 is 0 Å². The van der Waals surface area contributed by atoms with E-state index in [9.17, 15) is 9.59 Å². The van der Waals surface area contributed by atoms with Gasteiger partial charge in [-0.1, -0.05) is 0 Å². The highest BCUT2D eigenvalue weighted by Gasteiger charge is 2.07. The molecule has 58 valence electrons. The molecule has 0 saturated heterocycles. The Morgan fingerprint density at radius 1 is 1.45 bits per heavy atom. The lowest BCUT2D eigenvalue weighted by Gasteiger charge is -2.09. The molecule has 0 aromatic rings. The molecule has 0 unspecified atom stereocenters. The lowest BCUT2D eigenvalue weighted by molar-refractivity contribution is -0.142. The van der Waals surface area contributed by atoms with Gasteiger partial charge in [0.2, 0.25) is 0 Å². The number of hydrogen-bond donors (Lipinski definition) is 0. The SMILES string of the molecule is CC(=O)OC1C=CC(=O)C=C1. The molecule has 0 saturated carbocycles. The Morgan fingerprint density at radius 3 is 2.45 bits per heavy atom. The number of esters is 1. The van der Waals surface area contributed by atoms with Gasteiger partial charge in [-0.05, 0) is 24.3 Å². The topological polar surface area (TPSA) is 43.4 Å². The third-order valence-electron chi connectivity index (χ3n) is 1.20. The van der Waals surface area contributed by atoms with Gasteiger partial charge in [0.15, 0.2) is 5.78 Å². The molecule has 0 aromatic carbocycles. The highest BCUT2D eigenvalue weighted by Crippen LogP contribution is 2.03. The first kappa shape index (κ1) is 7.72. The molecule has 11 heavy (non-hydrogen) atoms. The van der Waals surface area contributed by atoms with Gasteiger partial charge in [-0.15, -0.1) is 0 Å². The summed E-state index contributed by atoms with van der Waals surface area (Å²) in [5.74, 6) is -0.424. The highest BCUT2D eigenvalue weighted by atomic mass is 16.5. The fraction of sp³-hybridized carbons (Fsp3) is 0.250. The Kier molecular flexibility index (Phi) is 2.21. The maximum Gasteiger partial charge on any atom is 0.303 e. The van der Waals surface area contributed by atoms with Crippen molar-refractivity contribution in [2.75, 3.05) is 0 Å². The fourth-order valence-electron chi connectivity index (χ4n) is 0.769. The summed E-state index contributed by atoms with van der Waals surface area (Å²) in [7, 11) is 0. The number of rotatable bonds is 1. The van der Waals surface area contributed by atoms with Gasteiger partial charge in [0.05, 0.1) is 0 Å². The molecule has 0 fully saturated rings. The van der Waals surface area contributed by atoms with Crippen LogP contribution >= 0.6 is 0 Å². The standard InChI is InChI=1S/C8H8O3/c1-6(9)11-8-4-2-7(10)3-5-8/h2-5,8H,1H3. The van der Waals surface area contributed by atoms with E-state index in [1.54, 1.807) is 12.2 Å². The monoisotopic (exact) mass is 152 g/mol. The zero-order valence-electron chi connectivity index (χ0n) is 6.11. The van der Waals surface area contributed by atoms with Crippen LogP contribution in [0.15, 0.2) is 24.3 Å². The second kappa shape index (κ2) is 3.14. The van der Waals surface area contributed by atoms with Crippen molar-refractivity contribution in [2.45, 2.75) is 13.0 Å². The molecule has 0 radical (unpaired) electrons. The number of hydrogen-bond acceptors (Lipinski definition) is 3. The third kappa shape index (κ3) is 2.37. The van der Waals surface area contributed by atoms with Crippen molar-refractivity contribution in [1.82, 2.24) is 0 Å². The molecule has 0 N–H and O–H groups in total. The third-order valence-corrected chi connectivity index (χ3v) is 1.20. The van der Waals surface area contributed by atoms with Crippen LogP contribution in [0.5, 0.6) is 0 Å². The van der Waals surface area contributed by atoms with E-state index in [0.29, 0.717) is 0 Å². The van der Waals surface area contributed by atoms with E-state index in [2.05, 4.69) is 0 Å². The Morgan fingerprint density at radius 2 is 2.00 bits per heavy atom. The molecule has 1 aliphatic rings. The number of allylic oxidation sites excluding steroid dienone is 2. The molecular formula is C8H8O3. The van der Waals surface area contributed by atoms with Crippen LogP contribution in [0.25, 0.3) is 0 Å².